The molecule has 0 saturated carbocycles. The van der Waals surface area contributed by atoms with Crippen molar-refractivity contribution in [1.29, 1.82) is 0 Å². The van der Waals surface area contributed by atoms with Gasteiger partial charge >= 0.3 is 0 Å². The lowest BCUT2D eigenvalue weighted by atomic mass is 9.97. The van der Waals surface area contributed by atoms with Crippen LogP contribution in [0.1, 0.15) is 5.56 Å². The molecule has 0 fully saturated rings. The SMILES string of the molecule is Cc1c(-c2c3sc4c([Si](C)(C)C)nnn4c3cc[n+]2C)cc([Si](C)(C)C)c2ccccc12. The normalized spacial score (nSPS) is 13.0. The summed E-state index contributed by atoms with van der Waals surface area (Å²) in [5.74, 6) is 0. The molecule has 0 saturated heterocycles. The molecule has 0 bridgehead atoms. The molecule has 0 radical (unpaired) electrons. The van der Waals surface area contributed by atoms with Crippen LogP contribution in [0.3, 0.4) is 0 Å². The highest BCUT2D eigenvalue weighted by molar-refractivity contribution is 7.26. The molecule has 0 unspecified atom stereocenters. The Morgan fingerprint density at radius 3 is 2.28 bits per heavy atom. The molecular formula is C25H31N4SSi2+. The van der Waals surface area contributed by atoms with Gasteiger partial charge in [-0.3, -0.25) is 0 Å². The van der Waals surface area contributed by atoms with Crippen molar-refractivity contribution in [3.05, 3.63) is 48.2 Å². The number of pyridine rings is 1. The Hall–Kier alpha value is -2.36. The third kappa shape index (κ3) is 3.17. The Balaban J connectivity index is 1.91. The summed E-state index contributed by atoms with van der Waals surface area (Å²) in [6.45, 7) is 16.6. The summed E-state index contributed by atoms with van der Waals surface area (Å²) >= 11 is 1.85. The predicted molar refractivity (Wildman–Crippen MR) is 143 cm³/mol. The maximum Gasteiger partial charge on any atom is 0.232 e. The van der Waals surface area contributed by atoms with Crippen LogP contribution >= 0.6 is 11.3 Å². The van der Waals surface area contributed by atoms with E-state index in [0.29, 0.717) is 0 Å². The van der Waals surface area contributed by atoms with Gasteiger partial charge in [0.05, 0.1) is 24.5 Å². The van der Waals surface area contributed by atoms with E-state index in [2.05, 4.69) is 115 Å². The first kappa shape index (κ1) is 21.5. The van der Waals surface area contributed by atoms with Gasteiger partial charge in [-0.15, -0.1) is 16.4 Å². The second-order valence-corrected chi connectivity index (χ2v) is 21.9. The van der Waals surface area contributed by atoms with Gasteiger partial charge in [0.15, 0.2) is 6.20 Å². The molecule has 0 N–H and O–H groups in total. The van der Waals surface area contributed by atoms with E-state index in [-0.39, 0.29) is 0 Å². The fraction of sp³-hybridized carbons (Fsp3) is 0.320. The number of hydrogen-bond donors (Lipinski definition) is 0. The molecule has 0 aliphatic carbocycles. The molecule has 2 aromatic carbocycles. The number of aryl methyl sites for hydroxylation is 2. The molecule has 0 atom stereocenters. The van der Waals surface area contributed by atoms with Crippen LogP contribution in [0.2, 0.25) is 39.3 Å². The van der Waals surface area contributed by atoms with E-state index in [1.807, 2.05) is 11.3 Å². The van der Waals surface area contributed by atoms with Crippen molar-refractivity contribution >= 4 is 63.8 Å². The van der Waals surface area contributed by atoms with E-state index in [9.17, 15) is 0 Å². The van der Waals surface area contributed by atoms with E-state index in [0.717, 1.165) is 5.52 Å². The highest BCUT2D eigenvalue weighted by Gasteiger charge is 2.30. The minimum absolute atomic E-state index is 1.15. The van der Waals surface area contributed by atoms with E-state index in [1.54, 1.807) is 0 Å². The van der Waals surface area contributed by atoms with Crippen LogP contribution in [0, 0.1) is 6.92 Å². The molecule has 32 heavy (non-hydrogen) atoms. The van der Waals surface area contributed by atoms with Gasteiger partial charge < -0.3 is 0 Å². The van der Waals surface area contributed by atoms with Crippen LogP contribution in [0.4, 0.5) is 0 Å². The lowest BCUT2D eigenvalue weighted by Gasteiger charge is -2.22. The zero-order valence-electron chi connectivity index (χ0n) is 20.2. The lowest BCUT2D eigenvalue weighted by molar-refractivity contribution is -0.659. The van der Waals surface area contributed by atoms with Crippen LogP contribution in [-0.2, 0) is 7.05 Å². The van der Waals surface area contributed by atoms with Crippen molar-refractivity contribution in [2.24, 2.45) is 7.05 Å². The first-order valence-electron chi connectivity index (χ1n) is 11.2. The van der Waals surface area contributed by atoms with Crippen molar-refractivity contribution in [3.63, 3.8) is 0 Å². The summed E-state index contributed by atoms with van der Waals surface area (Å²) in [5.41, 5.74) is 5.11. The Kier molecular flexibility index (Phi) is 4.75. The summed E-state index contributed by atoms with van der Waals surface area (Å²) in [5, 5.41) is 14.7. The molecule has 164 valence electrons. The molecule has 5 aromatic rings. The van der Waals surface area contributed by atoms with E-state index >= 15 is 0 Å². The Morgan fingerprint density at radius 2 is 1.62 bits per heavy atom. The Labute approximate surface area is 195 Å². The third-order valence-corrected chi connectivity index (χ3v) is 11.5. The highest BCUT2D eigenvalue weighted by Crippen LogP contribution is 2.36. The van der Waals surface area contributed by atoms with Gasteiger partial charge in [0.2, 0.25) is 5.69 Å². The quantitative estimate of drug-likeness (QED) is 0.272. The minimum atomic E-state index is -1.58. The number of hydrogen-bond acceptors (Lipinski definition) is 3. The van der Waals surface area contributed by atoms with Crippen molar-refractivity contribution in [3.8, 4) is 11.3 Å². The molecule has 3 aromatic heterocycles. The average molecular weight is 476 g/mol. The van der Waals surface area contributed by atoms with E-state index in [4.69, 9.17) is 0 Å². The van der Waals surface area contributed by atoms with E-state index < -0.39 is 16.1 Å². The molecule has 5 rings (SSSR count). The maximum absolute atomic E-state index is 4.59. The monoisotopic (exact) mass is 475 g/mol. The number of rotatable bonds is 3. The van der Waals surface area contributed by atoms with Gasteiger partial charge in [-0.25, -0.2) is 4.52 Å². The Bertz CT molecular complexity index is 1520. The summed E-state index contributed by atoms with van der Waals surface area (Å²) in [6, 6.07) is 13.6. The van der Waals surface area contributed by atoms with Crippen molar-refractivity contribution in [2.75, 3.05) is 0 Å². The first-order chi connectivity index (χ1) is 15.0. The maximum atomic E-state index is 4.59. The molecule has 3 heterocycles. The predicted octanol–water partition coefficient (Wildman–Crippen LogP) is 4.99. The van der Waals surface area contributed by atoms with Crippen LogP contribution in [-0.4, -0.2) is 31.0 Å². The summed E-state index contributed by atoms with van der Waals surface area (Å²) in [7, 11) is -0.971. The average Bonchev–Trinajstić information content (AvgIpc) is 3.27. The van der Waals surface area contributed by atoms with Gasteiger partial charge in [0.25, 0.3) is 0 Å². The summed E-state index contributed by atoms with van der Waals surface area (Å²) in [6.07, 6.45) is 2.17. The number of benzene rings is 2. The first-order valence-corrected chi connectivity index (χ1v) is 19.0. The van der Waals surface area contributed by atoms with Crippen LogP contribution in [0.15, 0.2) is 42.6 Å². The summed E-state index contributed by atoms with van der Waals surface area (Å²) in [4.78, 5) is 1.20. The van der Waals surface area contributed by atoms with Crippen LogP contribution in [0.25, 0.3) is 37.1 Å². The molecule has 7 heteroatoms. The standard InChI is InChI=1S/C25H31N4SSi2/c1-16-17-11-9-10-12-18(17)21(31(3,4)5)15-19(16)22-23-20(13-14-28(22)2)29-25(30-23)24(26-27-29)32(6,7)8/h9-15H,1-8H3/q+1. The number of fused-ring (bicyclic) bond motifs is 4. The molecular weight excluding hydrogens is 445 g/mol. The van der Waals surface area contributed by atoms with E-state index in [1.165, 1.54) is 47.6 Å². The minimum Gasteiger partial charge on any atom is -0.202 e. The third-order valence-electron chi connectivity index (χ3n) is 6.40. The largest absolute Gasteiger partial charge is 0.232 e. The van der Waals surface area contributed by atoms with Gasteiger partial charge in [-0.05, 0) is 29.3 Å². The fourth-order valence-electron chi connectivity index (χ4n) is 4.67. The number of nitrogens with zero attached hydrogens (tertiary/aromatic N) is 4. The molecule has 0 amide bonds. The highest BCUT2D eigenvalue weighted by atomic mass is 32.1. The van der Waals surface area contributed by atoms with Crippen molar-refractivity contribution < 1.29 is 4.57 Å². The molecule has 0 aliphatic heterocycles. The van der Waals surface area contributed by atoms with Gasteiger partial charge in [0, 0.05) is 6.07 Å². The summed E-state index contributed by atoms with van der Waals surface area (Å²) < 4.78 is 5.64. The van der Waals surface area contributed by atoms with Crippen molar-refractivity contribution in [1.82, 2.24) is 14.8 Å². The number of aromatic nitrogens is 4. The van der Waals surface area contributed by atoms with Crippen molar-refractivity contribution in [2.45, 2.75) is 46.2 Å². The second kappa shape index (κ2) is 7.07. The van der Waals surface area contributed by atoms with Crippen LogP contribution in [0.5, 0.6) is 0 Å². The number of thiazole rings is 1. The zero-order chi connectivity index (χ0) is 23.0. The van der Waals surface area contributed by atoms with Crippen LogP contribution < -0.4 is 15.1 Å². The van der Waals surface area contributed by atoms with Gasteiger partial charge in [-0.1, -0.05) is 73.9 Å². The Morgan fingerprint density at radius 1 is 0.938 bits per heavy atom. The molecule has 4 nitrogen and oxygen atoms in total. The fourth-order valence-corrected chi connectivity index (χ4v) is 9.60. The lowest BCUT2D eigenvalue weighted by Crippen LogP contribution is -2.39. The smallest absolute Gasteiger partial charge is 0.202 e. The molecule has 0 spiro atoms. The van der Waals surface area contributed by atoms with Gasteiger partial charge in [-0.2, -0.15) is 4.57 Å². The molecule has 0 aliphatic rings. The zero-order valence-corrected chi connectivity index (χ0v) is 23.1. The topological polar surface area (TPSA) is 34.1 Å². The van der Waals surface area contributed by atoms with Gasteiger partial charge in [0.1, 0.15) is 24.7 Å². The second-order valence-electron chi connectivity index (χ2n) is 10.9.